The summed E-state index contributed by atoms with van der Waals surface area (Å²) in [5, 5.41) is 1.39. The number of piperidine rings is 1. The second kappa shape index (κ2) is 6.01. The fourth-order valence-electron chi connectivity index (χ4n) is 3.72. The molecular formula is C19H27BrN2. The van der Waals surface area contributed by atoms with Gasteiger partial charge in [-0.1, -0.05) is 13.0 Å². The Hall–Kier alpha value is -0.800. The van der Waals surface area contributed by atoms with Gasteiger partial charge in [0.15, 0.2) is 0 Å². The van der Waals surface area contributed by atoms with Gasteiger partial charge in [0.25, 0.3) is 0 Å². The zero-order valence-electron chi connectivity index (χ0n) is 14.2. The zero-order chi connectivity index (χ0) is 15.9. The Morgan fingerprint density at radius 2 is 1.91 bits per heavy atom. The largest absolute Gasteiger partial charge is 0.349 e. The normalized spacial score (nSPS) is 18.2. The quantitative estimate of drug-likeness (QED) is 0.750. The number of H-pyrrole nitrogens is 1. The monoisotopic (exact) mass is 362 g/mol. The molecule has 0 aliphatic carbocycles. The summed E-state index contributed by atoms with van der Waals surface area (Å²) in [6, 6.07) is 7.00. The molecule has 0 radical (unpaired) electrons. The summed E-state index contributed by atoms with van der Waals surface area (Å²) in [7, 11) is 0. The van der Waals surface area contributed by atoms with Crippen LogP contribution < -0.4 is 0 Å². The summed E-state index contributed by atoms with van der Waals surface area (Å²) in [4.78, 5) is 6.06. The minimum Gasteiger partial charge on any atom is -0.349 e. The Morgan fingerprint density at radius 1 is 1.23 bits per heavy atom. The van der Waals surface area contributed by atoms with Crippen LogP contribution in [-0.4, -0.2) is 28.5 Å². The van der Waals surface area contributed by atoms with Crippen molar-refractivity contribution in [3.8, 4) is 0 Å². The number of aromatic amines is 1. The van der Waals surface area contributed by atoms with Crippen LogP contribution in [0.5, 0.6) is 0 Å². The number of aromatic nitrogens is 1. The van der Waals surface area contributed by atoms with Gasteiger partial charge in [0.1, 0.15) is 0 Å². The summed E-state index contributed by atoms with van der Waals surface area (Å²) < 4.78 is 1.14. The molecule has 120 valence electrons. The first-order valence-corrected chi connectivity index (χ1v) is 9.24. The summed E-state index contributed by atoms with van der Waals surface area (Å²) in [6.45, 7) is 11.6. The maximum atomic E-state index is 3.66. The highest BCUT2D eigenvalue weighted by molar-refractivity contribution is 9.10. The molecule has 1 aromatic heterocycles. The maximum Gasteiger partial charge on any atom is 0.0863 e. The number of hydrogen-bond donors (Lipinski definition) is 1. The third kappa shape index (κ3) is 2.98. The molecule has 22 heavy (non-hydrogen) atoms. The summed E-state index contributed by atoms with van der Waals surface area (Å²) in [5.41, 5.74) is 4.47. The van der Waals surface area contributed by atoms with E-state index in [1.54, 1.807) is 0 Å². The number of rotatable bonds is 2. The molecule has 0 spiro atoms. The molecule has 2 heterocycles. The van der Waals surface area contributed by atoms with Crippen molar-refractivity contribution in [3.63, 3.8) is 0 Å². The van der Waals surface area contributed by atoms with Crippen LogP contribution in [0, 0.1) is 0 Å². The van der Waals surface area contributed by atoms with Gasteiger partial charge in [-0.15, -0.1) is 0 Å². The lowest BCUT2D eigenvalue weighted by molar-refractivity contribution is 0.102. The molecule has 3 rings (SSSR count). The highest BCUT2D eigenvalue weighted by Crippen LogP contribution is 2.34. The van der Waals surface area contributed by atoms with E-state index in [4.69, 9.17) is 0 Å². The average molecular weight is 363 g/mol. The van der Waals surface area contributed by atoms with Gasteiger partial charge in [-0.2, -0.15) is 0 Å². The van der Waals surface area contributed by atoms with Crippen molar-refractivity contribution in [1.29, 1.82) is 0 Å². The molecule has 0 bridgehead atoms. The van der Waals surface area contributed by atoms with Crippen molar-refractivity contribution in [2.75, 3.05) is 13.1 Å². The molecule has 1 aromatic carbocycles. The van der Waals surface area contributed by atoms with Crippen LogP contribution >= 0.6 is 15.9 Å². The molecule has 1 aliphatic heterocycles. The van der Waals surface area contributed by atoms with Gasteiger partial charge in [-0.25, -0.2) is 0 Å². The van der Waals surface area contributed by atoms with Gasteiger partial charge in [0, 0.05) is 16.4 Å². The molecule has 0 saturated carbocycles. The molecule has 1 fully saturated rings. The van der Waals surface area contributed by atoms with E-state index in [-0.39, 0.29) is 0 Å². The van der Waals surface area contributed by atoms with E-state index in [0.717, 1.165) is 11.0 Å². The van der Waals surface area contributed by atoms with E-state index in [1.165, 1.54) is 48.0 Å². The highest BCUT2D eigenvalue weighted by Gasteiger charge is 2.27. The van der Waals surface area contributed by atoms with Crippen LogP contribution in [-0.2, 0) is 6.42 Å². The van der Waals surface area contributed by atoms with Gasteiger partial charge < -0.3 is 4.98 Å². The lowest BCUT2D eigenvalue weighted by atomic mass is 9.87. The Labute approximate surface area is 142 Å². The molecule has 0 unspecified atom stereocenters. The molecule has 0 amide bonds. The molecule has 1 aliphatic rings. The van der Waals surface area contributed by atoms with Gasteiger partial charge >= 0.3 is 0 Å². The Bertz CT molecular complexity index is 658. The fraction of sp³-hybridized carbons (Fsp3) is 0.579. The maximum absolute atomic E-state index is 3.66. The van der Waals surface area contributed by atoms with Crippen molar-refractivity contribution in [2.45, 2.75) is 58.4 Å². The van der Waals surface area contributed by atoms with Crippen LogP contribution in [0.4, 0.5) is 0 Å². The molecule has 1 N–H and O–H groups in total. The number of benzene rings is 1. The number of nitrogens with one attached hydrogen (secondary N) is 1. The van der Waals surface area contributed by atoms with E-state index >= 15 is 0 Å². The predicted molar refractivity (Wildman–Crippen MR) is 98.7 cm³/mol. The van der Waals surface area contributed by atoms with Crippen LogP contribution in [0.25, 0.3) is 10.9 Å². The second-order valence-electron chi connectivity index (χ2n) is 7.51. The summed E-state index contributed by atoms with van der Waals surface area (Å²) >= 11 is 3.66. The van der Waals surface area contributed by atoms with E-state index in [0.29, 0.717) is 11.5 Å². The fourth-order valence-corrected chi connectivity index (χ4v) is 4.42. The number of likely N-dealkylation sites (tertiary alicyclic amines) is 1. The van der Waals surface area contributed by atoms with Gasteiger partial charge in [0.05, 0.1) is 4.60 Å². The van der Waals surface area contributed by atoms with Crippen LogP contribution in [0.15, 0.2) is 22.8 Å². The minimum absolute atomic E-state index is 0.301. The third-order valence-corrected chi connectivity index (χ3v) is 5.82. The Morgan fingerprint density at radius 3 is 2.50 bits per heavy atom. The predicted octanol–water partition coefficient (Wildman–Crippen LogP) is 5.47. The molecule has 3 heteroatoms. The third-order valence-electron chi connectivity index (χ3n) is 5.15. The smallest absolute Gasteiger partial charge is 0.0863 e. The standard InChI is InChI=1S/C19H27BrN2/c1-5-15-16-12-14(6-7-17(16)21-18(15)20)13-8-10-22(11-9-13)19(2,3)4/h6-7,12-13,21H,5,8-11H2,1-4H3. The number of aryl methyl sites for hydroxylation is 1. The summed E-state index contributed by atoms with van der Waals surface area (Å²) in [6.07, 6.45) is 3.61. The minimum atomic E-state index is 0.301. The van der Waals surface area contributed by atoms with E-state index in [2.05, 4.69) is 71.7 Å². The van der Waals surface area contributed by atoms with Crippen molar-refractivity contribution in [2.24, 2.45) is 0 Å². The molecule has 0 atom stereocenters. The molecule has 1 saturated heterocycles. The van der Waals surface area contributed by atoms with Gasteiger partial charge in [0.2, 0.25) is 0 Å². The van der Waals surface area contributed by atoms with Crippen molar-refractivity contribution >= 4 is 26.8 Å². The molecule has 2 nitrogen and oxygen atoms in total. The molecule has 2 aromatic rings. The highest BCUT2D eigenvalue weighted by atomic mass is 79.9. The van der Waals surface area contributed by atoms with E-state index in [9.17, 15) is 0 Å². The van der Waals surface area contributed by atoms with E-state index in [1.807, 2.05) is 0 Å². The van der Waals surface area contributed by atoms with Crippen LogP contribution in [0.2, 0.25) is 0 Å². The average Bonchev–Trinajstić information content (AvgIpc) is 2.80. The van der Waals surface area contributed by atoms with Gasteiger partial charge in [-0.3, -0.25) is 4.90 Å². The van der Waals surface area contributed by atoms with E-state index < -0.39 is 0 Å². The number of nitrogens with zero attached hydrogens (tertiary/aromatic N) is 1. The Balaban J connectivity index is 1.83. The second-order valence-corrected chi connectivity index (χ2v) is 8.30. The number of hydrogen-bond acceptors (Lipinski definition) is 1. The van der Waals surface area contributed by atoms with Crippen LogP contribution in [0.3, 0.4) is 0 Å². The Kier molecular flexibility index (Phi) is 4.39. The van der Waals surface area contributed by atoms with Crippen LogP contribution in [0.1, 0.15) is 57.6 Å². The first-order chi connectivity index (χ1) is 10.4. The topological polar surface area (TPSA) is 19.0 Å². The van der Waals surface area contributed by atoms with Crippen molar-refractivity contribution in [1.82, 2.24) is 9.88 Å². The first kappa shape index (κ1) is 16.1. The summed E-state index contributed by atoms with van der Waals surface area (Å²) in [5.74, 6) is 0.710. The zero-order valence-corrected chi connectivity index (χ0v) is 15.8. The van der Waals surface area contributed by atoms with Crippen molar-refractivity contribution in [3.05, 3.63) is 33.9 Å². The van der Waals surface area contributed by atoms with Gasteiger partial charge in [-0.05, 0) is 98.2 Å². The lowest BCUT2D eigenvalue weighted by Crippen LogP contribution is -2.45. The SMILES string of the molecule is CCc1c(Br)[nH]c2ccc(C3CCN(C(C)(C)C)CC3)cc12. The number of fused-ring (bicyclic) bond motifs is 1. The number of halogens is 1. The first-order valence-electron chi connectivity index (χ1n) is 8.45. The lowest BCUT2D eigenvalue weighted by Gasteiger charge is -2.41. The van der Waals surface area contributed by atoms with Crippen molar-refractivity contribution < 1.29 is 0 Å². The molecular weight excluding hydrogens is 336 g/mol.